The maximum atomic E-state index is 5.55. The normalized spacial score (nSPS) is 16.4. The average molecular weight is 292 g/mol. The minimum absolute atomic E-state index is 0.0739. The van der Waals surface area contributed by atoms with Crippen LogP contribution in [0, 0.1) is 13.8 Å². The van der Waals surface area contributed by atoms with Crippen LogP contribution < -0.4 is 10.1 Å². The van der Waals surface area contributed by atoms with Gasteiger partial charge in [0.05, 0.1) is 24.4 Å². The largest absolute Gasteiger partial charge is 0.481 e. The van der Waals surface area contributed by atoms with Crippen LogP contribution in [0.15, 0.2) is 5.38 Å². The molecule has 5 nitrogen and oxygen atoms in total. The van der Waals surface area contributed by atoms with E-state index < -0.39 is 0 Å². The van der Waals surface area contributed by atoms with Gasteiger partial charge < -0.3 is 10.1 Å². The van der Waals surface area contributed by atoms with Crippen molar-refractivity contribution in [3.05, 3.63) is 27.3 Å². The van der Waals surface area contributed by atoms with Crippen molar-refractivity contribution in [1.29, 1.82) is 0 Å². The van der Waals surface area contributed by atoms with E-state index >= 15 is 0 Å². The summed E-state index contributed by atoms with van der Waals surface area (Å²) >= 11 is 1.69. The Kier molecular flexibility index (Phi) is 3.52. The van der Waals surface area contributed by atoms with Gasteiger partial charge in [0, 0.05) is 24.2 Å². The van der Waals surface area contributed by atoms with Gasteiger partial charge in [-0.2, -0.15) is 5.10 Å². The summed E-state index contributed by atoms with van der Waals surface area (Å²) in [6.45, 7) is 4.06. The fourth-order valence-corrected chi connectivity index (χ4v) is 3.36. The fourth-order valence-electron chi connectivity index (χ4n) is 2.50. The highest BCUT2D eigenvalue weighted by molar-refractivity contribution is 7.09. The first-order valence-corrected chi connectivity index (χ1v) is 7.73. The molecule has 1 aliphatic carbocycles. The minimum Gasteiger partial charge on any atom is -0.481 e. The molecule has 0 amide bonds. The Bertz CT molecular complexity index is 615. The van der Waals surface area contributed by atoms with E-state index in [1.807, 2.05) is 20.9 Å². The number of methoxy groups -OCH3 is 1. The fraction of sp³-hybridized carbons (Fsp3) is 0.571. The van der Waals surface area contributed by atoms with Gasteiger partial charge in [0.1, 0.15) is 5.01 Å². The molecular formula is C14H20N4OS. The molecule has 0 spiro atoms. The van der Waals surface area contributed by atoms with Gasteiger partial charge in [-0.15, -0.1) is 11.3 Å². The van der Waals surface area contributed by atoms with Crippen molar-refractivity contribution in [2.24, 2.45) is 7.05 Å². The molecule has 3 rings (SSSR count). The SMILES string of the molecule is COc1c(C(NC2CC2)c2nc(C)cs2)c(C)nn1C. The molecule has 0 bridgehead atoms. The maximum Gasteiger partial charge on any atom is 0.216 e. The van der Waals surface area contributed by atoms with Crippen LogP contribution in [0.25, 0.3) is 0 Å². The number of thiazole rings is 1. The van der Waals surface area contributed by atoms with Crippen LogP contribution in [0.4, 0.5) is 0 Å². The molecular weight excluding hydrogens is 272 g/mol. The standard InChI is InChI=1S/C14H20N4OS/c1-8-7-20-13(15-8)12(16-10-5-6-10)11-9(2)17-18(3)14(11)19-4/h7,10,12,16H,5-6H2,1-4H3. The van der Waals surface area contributed by atoms with Crippen LogP contribution in [0.2, 0.25) is 0 Å². The van der Waals surface area contributed by atoms with E-state index in [1.165, 1.54) is 12.8 Å². The summed E-state index contributed by atoms with van der Waals surface area (Å²) in [5, 5.41) is 11.4. The van der Waals surface area contributed by atoms with Crippen LogP contribution in [-0.2, 0) is 7.05 Å². The van der Waals surface area contributed by atoms with Gasteiger partial charge in [-0.3, -0.25) is 0 Å². The molecule has 6 heteroatoms. The first-order chi connectivity index (χ1) is 9.60. The Hall–Kier alpha value is -1.40. The Labute approximate surface area is 123 Å². The second-order valence-electron chi connectivity index (χ2n) is 5.33. The monoisotopic (exact) mass is 292 g/mol. The smallest absolute Gasteiger partial charge is 0.216 e. The third-order valence-corrected chi connectivity index (χ3v) is 4.59. The third kappa shape index (κ3) is 2.45. The van der Waals surface area contributed by atoms with Crippen molar-refractivity contribution in [2.45, 2.75) is 38.8 Å². The van der Waals surface area contributed by atoms with Gasteiger partial charge >= 0.3 is 0 Å². The molecule has 2 heterocycles. The van der Waals surface area contributed by atoms with E-state index in [0.29, 0.717) is 6.04 Å². The third-order valence-electron chi connectivity index (χ3n) is 3.56. The van der Waals surface area contributed by atoms with Crippen molar-refractivity contribution in [1.82, 2.24) is 20.1 Å². The van der Waals surface area contributed by atoms with E-state index in [-0.39, 0.29) is 6.04 Å². The molecule has 0 aromatic carbocycles. The highest BCUT2D eigenvalue weighted by Crippen LogP contribution is 2.36. The Morgan fingerprint density at radius 1 is 1.45 bits per heavy atom. The molecule has 1 unspecified atom stereocenters. The second kappa shape index (κ2) is 5.18. The molecule has 1 fully saturated rings. The van der Waals surface area contributed by atoms with Crippen LogP contribution in [-0.4, -0.2) is 27.9 Å². The number of ether oxygens (including phenoxy) is 1. The van der Waals surface area contributed by atoms with Crippen LogP contribution in [0.3, 0.4) is 0 Å². The van der Waals surface area contributed by atoms with Crippen LogP contribution >= 0.6 is 11.3 Å². The molecule has 0 radical (unpaired) electrons. The average Bonchev–Trinajstić information content (AvgIpc) is 3.05. The lowest BCUT2D eigenvalue weighted by Crippen LogP contribution is -2.25. The van der Waals surface area contributed by atoms with Crippen LogP contribution in [0.1, 0.15) is 40.8 Å². The van der Waals surface area contributed by atoms with Crippen molar-refractivity contribution in [2.75, 3.05) is 7.11 Å². The van der Waals surface area contributed by atoms with Gasteiger partial charge in [0.15, 0.2) is 0 Å². The van der Waals surface area contributed by atoms with Gasteiger partial charge in [-0.25, -0.2) is 9.67 Å². The highest BCUT2D eigenvalue weighted by atomic mass is 32.1. The lowest BCUT2D eigenvalue weighted by atomic mass is 10.1. The molecule has 108 valence electrons. The molecule has 1 N–H and O–H groups in total. The molecule has 2 aromatic rings. The van der Waals surface area contributed by atoms with E-state index in [4.69, 9.17) is 4.74 Å². The number of nitrogens with one attached hydrogen (secondary N) is 1. The van der Waals surface area contributed by atoms with Gasteiger partial charge in [-0.1, -0.05) is 0 Å². The number of rotatable bonds is 5. The molecule has 1 atom stereocenters. The molecule has 20 heavy (non-hydrogen) atoms. The van der Waals surface area contributed by atoms with Gasteiger partial charge in [0.2, 0.25) is 5.88 Å². The number of nitrogens with zero attached hydrogens (tertiary/aromatic N) is 3. The lowest BCUT2D eigenvalue weighted by Gasteiger charge is -2.17. The molecule has 2 aromatic heterocycles. The number of hydrogen-bond acceptors (Lipinski definition) is 5. The molecule has 1 aliphatic rings. The summed E-state index contributed by atoms with van der Waals surface area (Å²) in [7, 11) is 3.61. The van der Waals surface area contributed by atoms with E-state index in [2.05, 4.69) is 20.8 Å². The zero-order valence-corrected chi connectivity index (χ0v) is 13.1. The lowest BCUT2D eigenvalue weighted by molar-refractivity contribution is 0.365. The maximum absolute atomic E-state index is 5.55. The molecule has 1 saturated carbocycles. The van der Waals surface area contributed by atoms with Crippen molar-refractivity contribution >= 4 is 11.3 Å². The Morgan fingerprint density at radius 2 is 2.20 bits per heavy atom. The number of hydrogen-bond donors (Lipinski definition) is 1. The molecule has 0 aliphatic heterocycles. The van der Waals surface area contributed by atoms with Gasteiger partial charge in [-0.05, 0) is 26.7 Å². The summed E-state index contributed by atoms with van der Waals surface area (Å²) in [6, 6.07) is 0.665. The van der Waals surface area contributed by atoms with E-state index in [0.717, 1.165) is 27.8 Å². The Morgan fingerprint density at radius 3 is 2.75 bits per heavy atom. The summed E-state index contributed by atoms with van der Waals surface area (Å²) in [5.74, 6) is 0.813. The zero-order chi connectivity index (χ0) is 14.3. The van der Waals surface area contributed by atoms with Crippen molar-refractivity contribution in [3.63, 3.8) is 0 Å². The van der Waals surface area contributed by atoms with Crippen molar-refractivity contribution < 1.29 is 4.74 Å². The highest BCUT2D eigenvalue weighted by Gasteiger charge is 2.32. The summed E-state index contributed by atoms with van der Waals surface area (Å²) in [4.78, 5) is 4.66. The second-order valence-corrected chi connectivity index (χ2v) is 6.22. The van der Waals surface area contributed by atoms with Crippen molar-refractivity contribution in [3.8, 4) is 5.88 Å². The first kappa shape index (κ1) is 13.6. The van der Waals surface area contributed by atoms with Gasteiger partial charge in [0.25, 0.3) is 0 Å². The molecule has 0 saturated heterocycles. The van der Waals surface area contributed by atoms with E-state index in [1.54, 1.807) is 23.1 Å². The predicted molar refractivity (Wildman–Crippen MR) is 79.3 cm³/mol. The number of aromatic nitrogens is 3. The Balaban J connectivity index is 2.04. The summed E-state index contributed by atoms with van der Waals surface area (Å²) in [5.41, 5.74) is 3.17. The van der Waals surface area contributed by atoms with E-state index in [9.17, 15) is 0 Å². The quantitative estimate of drug-likeness (QED) is 0.919. The predicted octanol–water partition coefficient (Wildman–Crippen LogP) is 2.34. The summed E-state index contributed by atoms with van der Waals surface area (Å²) in [6.07, 6.45) is 2.48. The number of aryl methyl sites for hydroxylation is 3. The zero-order valence-electron chi connectivity index (χ0n) is 12.3. The first-order valence-electron chi connectivity index (χ1n) is 6.85. The minimum atomic E-state index is 0.0739. The summed E-state index contributed by atoms with van der Waals surface area (Å²) < 4.78 is 7.34. The van der Waals surface area contributed by atoms with Crippen LogP contribution in [0.5, 0.6) is 5.88 Å². The topological polar surface area (TPSA) is 52.0 Å².